The van der Waals surface area contributed by atoms with Crippen LogP contribution in [0.15, 0.2) is 24.3 Å². The molecular formula is C33H30F3N5O4. The van der Waals surface area contributed by atoms with Gasteiger partial charge in [0, 0.05) is 37.6 Å². The van der Waals surface area contributed by atoms with E-state index in [0.29, 0.717) is 37.2 Å². The van der Waals surface area contributed by atoms with Crippen LogP contribution in [-0.2, 0) is 4.74 Å². The van der Waals surface area contributed by atoms with Crippen LogP contribution in [0.4, 0.5) is 19.0 Å². The lowest BCUT2D eigenvalue weighted by molar-refractivity contribution is -0.00628. The van der Waals surface area contributed by atoms with E-state index in [9.17, 15) is 13.9 Å². The number of aromatic hydroxyl groups is 1. The summed E-state index contributed by atoms with van der Waals surface area (Å²) >= 11 is 0. The Balaban J connectivity index is 1.34. The van der Waals surface area contributed by atoms with Gasteiger partial charge in [-0.15, -0.1) is 6.42 Å². The Morgan fingerprint density at radius 1 is 1.20 bits per heavy atom. The molecule has 2 unspecified atom stereocenters. The van der Waals surface area contributed by atoms with Crippen molar-refractivity contribution in [2.75, 3.05) is 44.9 Å². The Bertz CT molecular complexity index is 1920. The molecule has 232 valence electrons. The molecule has 0 saturated carbocycles. The summed E-state index contributed by atoms with van der Waals surface area (Å²) in [5, 5.41) is 11.5. The second-order valence-electron chi connectivity index (χ2n) is 12.4. The number of anilines is 1. The highest BCUT2D eigenvalue weighted by atomic mass is 19.1. The van der Waals surface area contributed by atoms with E-state index < -0.39 is 29.4 Å². The van der Waals surface area contributed by atoms with E-state index in [2.05, 4.69) is 20.8 Å². The molecule has 45 heavy (non-hydrogen) atoms. The molecule has 2 aromatic carbocycles. The first kappa shape index (κ1) is 28.2. The van der Waals surface area contributed by atoms with Gasteiger partial charge in [-0.25, -0.2) is 18.2 Å². The monoisotopic (exact) mass is 617 g/mol. The summed E-state index contributed by atoms with van der Waals surface area (Å²) < 4.78 is 64.6. The molecule has 0 amide bonds. The van der Waals surface area contributed by atoms with Gasteiger partial charge in [0.2, 0.25) is 5.88 Å². The summed E-state index contributed by atoms with van der Waals surface area (Å²) in [6.45, 7) is 2.11. The number of rotatable bonds is 4. The number of phenolic OH excluding ortho intramolecular Hbond substituents is 1. The normalized spacial score (nSPS) is 25.9. The molecule has 0 bridgehead atoms. The van der Waals surface area contributed by atoms with Crippen LogP contribution in [-0.4, -0.2) is 88.8 Å². The minimum Gasteiger partial charge on any atom is -0.508 e. The SMILES string of the molecule is C#Cc1c(F)ccc2cc(O)cc(-c3nc4c5c(nc(OC[C@@]67CCCN6C[C@H](F)C7)nc5c3F)N(C)C3CCOCC3O4)c12. The van der Waals surface area contributed by atoms with Crippen molar-refractivity contribution in [2.45, 2.75) is 49.5 Å². The van der Waals surface area contributed by atoms with Crippen LogP contribution in [0.1, 0.15) is 31.2 Å². The number of hydrogen-bond acceptors (Lipinski definition) is 9. The number of hydrogen-bond donors (Lipinski definition) is 1. The van der Waals surface area contributed by atoms with E-state index in [-0.39, 0.29) is 70.0 Å². The Labute approximate surface area is 256 Å². The van der Waals surface area contributed by atoms with E-state index in [1.165, 1.54) is 24.3 Å². The number of ether oxygens (including phenoxy) is 3. The number of pyridine rings is 1. The van der Waals surface area contributed by atoms with Crippen molar-refractivity contribution < 1.29 is 32.5 Å². The molecule has 0 spiro atoms. The average molecular weight is 618 g/mol. The van der Waals surface area contributed by atoms with Crippen LogP contribution in [0, 0.1) is 24.0 Å². The van der Waals surface area contributed by atoms with E-state index in [1.54, 1.807) is 0 Å². The number of terminal acetylenes is 1. The molecule has 0 aliphatic carbocycles. The third-order valence-corrected chi connectivity index (χ3v) is 9.76. The van der Waals surface area contributed by atoms with Gasteiger partial charge in [0.15, 0.2) is 5.82 Å². The Hall–Kier alpha value is -4.34. The quantitative estimate of drug-likeness (QED) is 0.326. The van der Waals surface area contributed by atoms with Crippen LogP contribution in [0.2, 0.25) is 0 Å². The zero-order valence-electron chi connectivity index (χ0n) is 24.5. The van der Waals surface area contributed by atoms with Crippen molar-refractivity contribution >= 4 is 27.5 Å². The number of phenols is 1. The van der Waals surface area contributed by atoms with Crippen molar-refractivity contribution in [3.05, 3.63) is 41.5 Å². The van der Waals surface area contributed by atoms with E-state index >= 15 is 4.39 Å². The fraction of sp³-hybridized carbons (Fsp3) is 0.424. The van der Waals surface area contributed by atoms with Gasteiger partial charge in [0.1, 0.15) is 52.9 Å². The Kier molecular flexibility index (Phi) is 6.48. The maximum Gasteiger partial charge on any atom is 0.319 e. The Morgan fingerprint density at radius 3 is 2.91 bits per heavy atom. The lowest BCUT2D eigenvalue weighted by Gasteiger charge is -2.36. The van der Waals surface area contributed by atoms with E-state index in [4.69, 9.17) is 25.6 Å². The largest absolute Gasteiger partial charge is 0.508 e. The molecule has 3 fully saturated rings. The molecule has 12 heteroatoms. The number of halogens is 3. The van der Waals surface area contributed by atoms with Gasteiger partial charge in [-0.3, -0.25) is 4.90 Å². The zero-order valence-corrected chi connectivity index (χ0v) is 24.5. The molecule has 4 aliphatic heterocycles. The van der Waals surface area contributed by atoms with Crippen LogP contribution in [0.25, 0.3) is 32.9 Å². The number of alkyl halides is 1. The van der Waals surface area contributed by atoms with Crippen LogP contribution in [0.5, 0.6) is 17.6 Å². The molecule has 2 aromatic heterocycles. The van der Waals surface area contributed by atoms with E-state index in [0.717, 1.165) is 19.4 Å². The van der Waals surface area contributed by atoms with Crippen LogP contribution >= 0.6 is 0 Å². The van der Waals surface area contributed by atoms with E-state index in [1.807, 2.05) is 11.9 Å². The molecule has 8 rings (SSSR count). The number of aromatic nitrogens is 3. The van der Waals surface area contributed by atoms with Gasteiger partial charge in [-0.05, 0) is 49.4 Å². The summed E-state index contributed by atoms with van der Waals surface area (Å²) in [4.78, 5) is 17.9. The first-order chi connectivity index (χ1) is 21.8. The van der Waals surface area contributed by atoms with Crippen LogP contribution < -0.4 is 14.4 Å². The minimum atomic E-state index is -0.937. The lowest BCUT2D eigenvalue weighted by atomic mass is 9.95. The molecule has 4 aliphatic rings. The number of benzene rings is 2. The minimum absolute atomic E-state index is 0.0588. The molecule has 0 radical (unpaired) electrons. The predicted molar refractivity (Wildman–Crippen MR) is 160 cm³/mol. The summed E-state index contributed by atoms with van der Waals surface area (Å²) in [5.41, 5.74) is -0.825. The van der Waals surface area contributed by atoms with Gasteiger partial charge < -0.3 is 24.2 Å². The first-order valence-electron chi connectivity index (χ1n) is 15.1. The number of nitrogens with zero attached hydrogens (tertiary/aromatic N) is 5. The van der Waals surface area contributed by atoms with Crippen molar-refractivity contribution in [2.24, 2.45) is 0 Å². The third kappa shape index (κ3) is 4.35. The molecule has 9 nitrogen and oxygen atoms in total. The molecule has 4 atom stereocenters. The highest BCUT2D eigenvalue weighted by molar-refractivity contribution is 6.04. The van der Waals surface area contributed by atoms with Gasteiger partial charge in [-0.1, -0.05) is 12.0 Å². The first-order valence-corrected chi connectivity index (χ1v) is 15.1. The van der Waals surface area contributed by atoms with Crippen molar-refractivity contribution in [1.29, 1.82) is 0 Å². The van der Waals surface area contributed by atoms with Crippen molar-refractivity contribution in [1.82, 2.24) is 19.9 Å². The van der Waals surface area contributed by atoms with Crippen LogP contribution in [0.3, 0.4) is 0 Å². The Morgan fingerprint density at radius 2 is 2.07 bits per heavy atom. The summed E-state index contributed by atoms with van der Waals surface area (Å²) in [6, 6.07) is 5.15. The lowest BCUT2D eigenvalue weighted by Crippen LogP contribution is -2.49. The predicted octanol–water partition coefficient (Wildman–Crippen LogP) is 4.75. The average Bonchev–Trinajstić information content (AvgIpc) is 3.52. The second-order valence-corrected chi connectivity index (χ2v) is 12.4. The molecule has 3 saturated heterocycles. The topological polar surface area (TPSA) is 93.1 Å². The maximum atomic E-state index is 16.9. The standard InChI is InChI=1S/C33H30F3N5O4/c1-3-20-22(35)6-5-17-11-19(42)12-21(25(17)20)28-27(36)29-26-30(40(2)23-7-10-43-15-24(23)45-31(26)37-28)39-32(38-29)44-16-33-8-4-9-41(33)14-18(34)13-33/h1,5-6,11-12,18,23-24,42H,4,7-10,13-16H2,2H3/t18-,23?,24?,33+/m1/s1. The molecule has 6 heterocycles. The summed E-state index contributed by atoms with van der Waals surface area (Å²) in [5.74, 6) is 1.12. The summed E-state index contributed by atoms with van der Waals surface area (Å²) in [6.07, 6.45) is 7.02. The van der Waals surface area contributed by atoms with Crippen molar-refractivity contribution in [3.8, 4) is 41.2 Å². The highest BCUT2D eigenvalue weighted by Crippen LogP contribution is 2.45. The highest BCUT2D eigenvalue weighted by Gasteiger charge is 2.49. The third-order valence-electron chi connectivity index (χ3n) is 9.76. The zero-order chi connectivity index (χ0) is 31.0. The number of fused-ring (bicyclic) bond motifs is 3. The second kappa shape index (κ2) is 10.4. The summed E-state index contributed by atoms with van der Waals surface area (Å²) in [7, 11) is 1.85. The van der Waals surface area contributed by atoms with Gasteiger partial charge in [-0.2, -0.15) is 9.97 Å². The van der Waals surface area contributed by atoms with Crippen molar-refractivity contribution in [3.63, 3.8) is 0 Å². The molecular weight excluding hydrogens is 587 g/mol. The smallest absolute Gasteiger partial charge is 0.319 e. The maximum absolute atomic E-state index is 16.9. The molecule has 1 N–H and O–H groups in total. The van der Waals surface area contributed by atoms with Gasteiger partial charge in [0.25, 0.3) is 0 Å². The fourth-order valence-electron chi connectivity index (χ4n) is 7.64. The fourth-order valence-corrected chi connectivity index (χ4v) is 7.64. The van der Waals surface area contributed by atoms with Gasteiger partial charge >= 0.3 is 6.01 Å². The molecule has 4 aromatic rings. The number of likely N-dealkylation sites (N-methyl/N-ethyl adjacent to an activating group) is 1. The van der Waals surface area contributed by atoms with Gasteiger partial charge in [0.05, 0.1) is 23.8 Å².